The summed E-state index contributed by atoms with van der Waals surface area (Å²) in [4.78, 5) is 0. The van der Waals surface area contributed by atoms with Gasteiger partial charge in [0.25, 0.3) is 0 Å². The number of ether oxygens (including phenoxy) is 1. The number of allylic oxidation sites excluding steroid dienone is 1. The second kappa shape index (κ2) is 9.50. The van der Waals surface area contributed by atoms with Crippen LogP contribution < -0.4 is 4.74 Å². The highest BCUT2D eigenvalue weighted by atomic mass is 19.1. The van der Waals surface area contributed by atoms with E-state index in [1.807, 2.05) is 12.1 Å². The van der Waals surface area contributed by atoms with Crippen LogP contribution in [0.15, 0.2) is 43.0 Å². The molecule has 2 saturated carbocycles. The van der Waals surface area contributed by atoms with Crippen LogP contribution in [-0.2, 0) is 0 Å². The van der Waals surface area contributed by atoms with Gasteiger partial charge in [-0.15, -0.1) is 6.58 Å². The topological polar surface area (TPSA) is 9.23 Å². The highest BCUT2D eigenvalue weighted by Crippen LogP contribution is 2.48. The summed E-state index contributed by atoms with van der Waals surface area (Å²) in [6.45, 7) is 3.85. The lowest BCUT2D eigenvalue weighted by molar-refractivity contribution is 0.115. The summed E-state index contributed by atoms with van der Waals surface area (Å²) in [7, 11) is 1.21. The van der Waals surface area contributed by atoms with E-state index in [4.69, 9.17) is 4.74 Å². The molecule has 0 aliphatic heterocycles. The Kier molecular flexibility index (Phi) is 6.74. The van der Waals surface area contributed by atoms with Crippen molar-refractivity contribution >= 4 is 0 Å². The van der Waals surface area contributed by atoms with Gasteiger partial charge < -0.3 is 4.74 Å². The average Bonchev–Trinajstić information content (AvgIpc) is 2.77. The molecule has 0 saturated heterocycles. The van der Waals surface area contributed by atoms with Crippen molar-refractivity contribution in [3.63, 3.8) is 0 Å². The van der Waals surface area contributed by atoms with Crippen molar-refractivity contribution in [2.75, 3.05) is 7.11 Å². The minimum absolute atomic E-state index is 0.182. The molecule has 0 aromatic heterocycles. The van der Waals surface area contributed by atoms with Crippen LogP contribution in [0.5, 0.6) is 5.75 Å². The first kappa shape index (κ1) is 22.0. The predicted octanol–water partition coefficient (Wildman–Crippen LogP) is 8.05. The third-order valence-electron chi connectivity index (χ3n) is 7.48. The van der Waals surface area contributed by atoms with E-state index >= 15 is 0 Å². The van der Waals surface area contributed by atoms with E-state index in [1.54, 1.807) is 12.1 Å². The molecule has 2 aromatic carbocycles. The van der Waals surface area contributed by atoms with Crippen molar-refractivity contribution < 1.29 is 17.9 Å². The van der Waals surface area contributed by atoms with Crippen LogP contribution in [0.3, 0.4) is 0 Å². The van der Waals surface area contributed by atoms with Gasteiger partial charge in [0.1, 0.15) is 5.82 Å². The summed E-state index contributed by atoms with van der Waals surface area (Å²) in [6, 6.07) is 7.39. The van der Waals surface area contributed by atoms with E-state index in [-0.39, 0.29) is 11.1 Å². The minimum Gasteiger partial charge on any atom is -0.491 e. The highest BCUT2D eigenvalue weighted by molar-refractivity contribution is 5.66. The maximum atomic E-state index is 15.0. The van der Waals surface area contributed by atoms with E-state index in [0.717, 1.165) is 54.7 Å². The SMILES string of the molecule is C=CCCC1CCC2CC(c3ccc(-c4cc(F)c(OC)c(F)c4)c(F)c3)CCC2C1. The fourth-order valence-corrected chi connectivity index (χ4v) is 5.83. The van der Waals surface area contributed by atoms with Crippen LogP contribution in [0, 0.1) is 35.2 Å². The number of hydrogen-bond acceptors (Lipinski definition) is 1. The molecule has 1 nitrogen and oxygen atoms in total. The number of benzene rings is 2. The molecule has 0 radical (unpaired) electrons. The Labute approximate surface area is 183 Å². The molecule has 0 amide bonds. The first-order chi connectivity index (χ1) is 15.0. The van der Waals surface area contributed by atoms with E-state index in [9.17, 15) is 13.2 Å². The van der Waals surface area contributed by atoms with Gasteiger partial charge in [0, 0.05) is 5.56 Å². The third kappa shape index (κ3) is 4.68. The highest BCUT2D eigenvalue weighted by Gasteiger charge is 2.35. The molecule has 0 N–H and O–H groups in total. The normalized spacial score (nSPS) is 25.7. The fourth-order valence-electron chi connectivity index (χ4n) is 5.83. The zero-order valence-corrected chi connectivity index (χ0v) is 18.2. The van der Waals surface area contributed by atoms with Crippen molar-refractivity contribution in [1.29, 1.82) is 0 Å². The van der Waals surface area contributed by atoms with Crippen LogP contribution in [0.4, 0.5) is 13.2 Å². The van der Waals surface area contributed by atoms with E-state index < -0.39 is 23.2 Å². The van der Waals surface area contributed by atoms with Gasteiger partial charge >= 0.3 is 0 Å². The Balaban J connectivity index is 1.47. The zero-order chi connectivity index (χ0) is 22.0. The molecule has 4 heteroatoms. The Hall–Kier alpha value is -2.23. The summed E-state index contributed by atoms with van der Waals surface area (Å²) in [5.74, 6) is 0.177. The summed E-state index contributed by atoms with van der Waals surface area (Å²) in [6.07, 6.45) is 11.7. The van der Waals surface area contributed by atoms with Crippen LogP contribution in [0.25, 0.3) is 11.1 Å². The molecule has 0 bridgehead atoms. The first-order valence-electron chi connectivity index (χ1n) is 11.4. The Bertz CT molecular complexity index is 915. The lowest BCUT2D eigenvalue weighted by Crippen LogP contribution is -2.30. The molecular formula is C27H31F3O. The first-order valence-corrected chi connectivity index (χ1v) is 11.4. The van der Waals surface area contributed by atoms with Crippen molar-refractivity contribution in [3.8, 4) is 16.9 Å². The lowest BCUT2D eigenvalue weighted by Gasteiger charge is -2.42. The van der Waals surface area contributed by atoms with Gasteiger partial charge in [0.05, 0.1) is 7.11 Å². The van der Waals surface area contributed by atoms with Crippen molar-refractivity contribution in [3.05, 3.63) is 66.0 Å². The molecule has 2 aliphatic rings. The number of hydrogen-bond donors (Lipinski definition) is 0. The minimum atomic E-state index is -0.831. The summed E-state index contributed by atoms with van der Waals surface area (Å²) in [5, 5.41) is 0. The monoisotopic (exact) mass is 428 g/mol. The van der Waals surface area contributed by atoms with E-state index in [0.29, 0.717) is 5.92 Å². The van der Waals surface area contributed by atoms with Gasteiger partial charge in [0.2, 0.25) is 0 Å². The van der Waals surface area contributed by atoms with Crippen LogP contribution in [0.2, 0.25) is 0 Å². The molecule has 166 valence electrons. The molecule has 31 heavy (non-hydrogen) atoms. The zero-order valence-electron chi connectivity index (χ0n) is 18.2. The van der Waals surface area contributed by atoms with Gasteiger partial charge in [-0.25, -0.2) is 13.2 Å². The molecule has 0 spiro atoms. The van der Waals surface area contributed by atoms with Gasteiger partial charge in [-0.1, -0.05) is 24.6 Å². The number of fused-ring (bicyclic) bond motifs is 1. The van der Waals surface area contributed by atoms with Gasteiger partial charge in [-0.3, -0.25) is 0 Å². The van der Waals surface area contributed by atoms with Gasteiger partial charge in [-0.05, 0) is 97.9 Å². The van der Waals surface area contributed by atoms with Crippen molar-refractivity contribution in [1.82, 2.24) is 0 Å². The molecule has 2 fully saturated rings. The summed E-state index contributed by atoms with van der Waals surface area (Å²) >= 11 is 0. The summed E-state index contributed by atoms with van der Waals surface area (Å²) in [5.41, 5.74) is 1.39. The van der Waals surface area contributed by atoms with Gasteiger partial charge in [0.15, 0.2) is 17.4 Å². The Morgan fingerprint density at radius 2 is 1.65 bits per heavy atom. The Morgan fingerprint density at radius 3 is 2.32 bits per heavy atom. The number of halogens is 3. The largest absolute Gasteiger partial charge is 0.491 e. The van der Waals surface area contributed by atoms with Crippen molar-refractivity contribution in [2.45, 2.75) is 57.3 Å². The smallest absolute Gasteiger partial charge is 0.190 e. The van der Waals surface area contributed by atoms with E-state index in [1.165, 1.54) is 39.2 Å². The van der Waals surface area contributed by atoms with Crippen LogP contribution in [-0.4, -0.2) is 7.11 Å². The second-order valence-electron chi connectivity index (χ2n) is 9.29. The molecule has 4 unspecified atom stereocenters. The molecule has 4 atom stereocenters. The molecule has 0 heterocycles. The quantitative estimate of drug-likeness (QED) is 0.423. The van der Waals surface area contributed by atoms with Crippen LogP contribution in [0.1, 0.15) is 62.8 Å². The van der Waals surface area contributed by atoms with Crippen LogP contribution >= 0.6 is 0 Å². The second-order valence-corrected chi connectivity index (χ2v) is 9.29. The molecule has 2 aromatic rings. The fraction of sp³-hybridized carbons (Fsp3) is 0.481. The number of rotatable bonds is 6. The standard InChI is InChI=1S/C27H31F3O/c1-3-4-5-17-6-7-19-13-20(9-8-18(19)12-17)21-10-11-23(24(28)14-21)22-15-25(29)27(31-2)26(30)16-22/h3,10-11,14-20H,1,4-9,12-13H2,2H3. The number of methoxy groups -OCH3 is 1. The lowest BCUT2D eigenvalue weighted by atomic mass is 9.63. The molecule has 4 rings (SSSR count). The maximum absolute atomic E-state index is 15.0. The predicted molar refractivity (Wildman–Crippen MR) is 119 cm³/mol. The van der Waals surface area contributed by atoms with Crippen molar-refractivity contribution in [2.24, 2.45) is 17.8 Å². The van der Waals surface area contributed by atoms with E-state index in [2.05, 4.69) is 6.58 Å². The average molecular weight is 429 g/mol. The molecular weight excluding hydrogens is 397 g/mol. The maximum Gasteiger partial charge on any atom is 0.190 e. The Morgan fingerprint density at radius 1 is 0.935 bits per heavy atom. The third-order valence-corrected chi connectivity index (χ3v) is 7.48. The molecule has 2 aliphatic carbocycles. The summed E-state index contributed by atoms with van der Waals surface area (Å²) < 4.78 is 47.8. The van der Waals surface area contributed by atoms with Gasteiger partial charge in [-0.2, -0.15) is 0 Å².